The van der Waals surface area contributed by atoms with Gasteiger partial charge in [0.05, 0.1) is 11.7 Å². The average Bonchev–Trinajstić information content (AvgIpc) is 3.19. The van der Waals surface area contributed by atoms with Gasteiger partial charge in [-0.3, -0.25) is 10.00 Å². The van der Waals surface area contributed by atoms with E-state index in [4.69, 9.17) is 0 Å². The highest BCUT2D eigenvalue weighted by atomic mass is 16.3. The summed E-state index contributed by atoms with van der Waals surface area (Å²) in [6, 6.07) is 10.1. The number of aromatic nitrogens is 2. The Morgan fingerprint density at radius 3 is 2.96 bits per heavy atom. The topological polar surface area (TPSA) is 70.4 Å². The number of anilines is 1. The van der Waals surface area contributed by atoms with Crippen molar-refractivity contribution in [2.45, 2.75) is 38.6 Å². The third-order valence-electron chi connectivity index (χ3n) is 4.82. The minimum absolute atomic E-state index is 0.0571. The average molecular weight is 342 g/mol. The zero-order valence-electron chi connectivity index (χ0n) is 14.9. The molecule has 1 heterocycles. The van der Waals surface area contributed by atoms with Crippen LogP contribution in [0.1, 0.15) is 42.6 Å². The minimum atomic E-state index is -0.138. The predicted octanol–water partition coefficient (Wildman–Crippen LogP) is 2.89. The number of amides is 2. The molecule has 0 fully saturated rings. The first-order chi connectivity index (χ1) is 12.1. The van der Waals surface area contributed by atoms with E-state index in [1.807, 2.05) is 37.1 Å². The van der Waals surface area contributed by atoms with Crippen molar-refractivity contribution in [1.82, 2.24) is 14.7 Å². The number of rotatable bonds is 6. The monoisotopic (exact) mass is 342 g/mol. The molecule has 6 heteroatoms. The molecule has 0 aliphatic heterocycles. The van der Waals surface area contributed by atoms with Crippen LogP contribution in [0.25, 0.3) is 0 Å². The normalized spacial score (nSPS) is 15.9. The van der Waals surface area contributed by atoms with E-state index in [1.54, 1.807) is 4.68 Å². The number of hydrogen-bond donors (Lipinski definition) is 2. The van der Waals surface area contributed by atoms with Gasteiger partial charge in [-0.25, -0.2) is 4.79 Å². The fourth-order valence-corrected chi connectivity index (χ4v) is 3.50. The predicted molar refractivity (Wildman–Crippen MR) is 97.5 cm³/mol. The second kappa shape index (κ2) is 7.70. The van der Waals surface area contributed by atoms with Gasteiger partial charge in [0.15, 0.2) is 0 Å². The highest BCUT2D eigenvalue weighted by Gasteiger charge is 2.30. The lowest BCUT2D eigenvalue weighted by molar-refractivity contribution is 0.177. The smallest absolute Gasteiger partial charge is 0.323 e. The van der Waals surface area contributed by atoms with Gasteiger partial charge in [-0.1, -0.05) is 31.2 Å². The summed E-state index contributed by atoms with van der Waals surface area (Å²) in [5, 5.41) is 16.6. The summed E-state index contributed by atoms with van der Waals surface area (Å²) in [6.07, 6.45) is 3.30. The maximum Gasteiger partial charge on any atom is 0.323 e. The Balaban J connectivity index is 1.80. The summed E-state index contributed by atoms with van der Waals surface area (Å²) in [7, 11) is 1.83. The Bertz CT molecular complexity index is 741. The molecule has 0 saturated carbocycles. The summed E-state index contributed by atoms with van der Waals surface area (Å²) in [5.74, 6) is 0.696. The van der Waals surface area contributed by atoms with Crippen molar-refractivity contribution in [2.24, 2.45) is 7.05 Å². The number of hydrogen-bond acceptors (Lipinski definition) is 3. The second-order valence-electron chi connectivity index (χ2n) is 6.45. The number of aliphatic hydroxyl groups is 1. The van der Waals surface area contributed by atoms with Gasteiger partial charge in [-0.2, -0.15) is 5.10 Å². The van der Waals surface area contributed by atoms with Crippen LogP contribution < -0.4 is 5.32 Å². The molecule has 1 aliphatic carbocycles. The van der Waals surface area contributed by atoms with Gasteiger partial charge in [0.1, 0.15) is 5.82 Å². The molecule has 25 heavy (non-hydrogen) atoms. The Hall–Kier alpha value is -2.34. The fraction of sp³-hybridized carbons (Fsp3) is 0.474. The van der Waals surface area contributed by atoms with E-state index < -0.39 is 0 Å². The van der Waals surface area contributed by atoms with E-state index in [-0.39, 0.29) is 18.7 Å². The first-order valence-corrected chi connectivity index (χ1v) is 8.93. The lowest BCUT2D eigenvalue weighted by atomic mass is 10.1. The summed E-state index contributed by atoms with van der Waals surface area (Å²) in [5.41, 5.74) is 3.48. The lowest BCUT2D eigenvalue weighted by Gasteiger charge is -2.29. The molecule has 2 N–H and O–H groups in total. The van der Waals surface area contributed by atoms with Gasteiger partial charge in [-0.05, 0) is 36.8 Å². The van der Waals surface area contributed by atoms with Gasteiger partial charge in [0.25, 0.3) is 0 Å². The van der Waals surface area contributed by atoms with Crippen LogP contribution in [-0.4, -0.2) is 39.0 Å². The highest BCUT2D eigenvalue weighted by molar-refractivity contribution is 5.89. The van der Waals surface area contributed by atoms with Crippen molar-refractivity contribution in [2.75, 3.05) is 18.5 Å². The summed E-state index contributed by atoms with van der Waals surface area (Å²) in [4.78, 5) is 14.8. The molecule has 2 amide bonds. The van der Waals surface area contributed by atoms with Crippen molar-refractivity contribution in [1.29, 1.82) is 0 Å². The summed E-state index contributed by atoms with van der Waals surface area (Å²) < 4.78 is 1.70. The van der Waals surface area contributed by atoms with Crippen LogP contribution >= 0.6 is 0 Å². The number of carbonyl (C=O) groups is 1. The van der Waals surface area contributed by atoms with Gasteiger partial charge in [0.2, 0.25) is 0 Å². The molecule has 1 unspecified atom stereocenters. The van der Waals surface area contributed by atoms with E-state index in [0.29, 0.717) is 18.8 Å². The third-order valence-corrected chi connectivity index (χ3v) is 4.82. The molecule has 6 nitrogen and oxygen atoms in total. The molecule has 1 aromatic heterocycles. The van der Waals surface area contributed by atoms with E-state index in [2.05, 4.69) is 22.5 Å². The van der Waals surface area contributed by atoms with E-state index >= 15 is 0 Å². The first kappa shape index (κ1) is 17.5. The van der Waals surface area contributed by atoms with Crippen LogP contribution in [0.4, 0.5) is 10.6 Å². The van der Waals surface area contributed by atoms with Gasteiger partial charge in [0, 0.05) is 26.3 Å². The fourth-order valence-electron chi connectivity index (χ4n) is 3.50. The molecule has 1 aliphatic rings. The number of fused-ring (bicyclic) bond motifs is 1. The first-order valence-electron chi connectivity index (χ1n) is 8.93. The van der Waals surface area contributed by atoms with Crippen molar-refractivity contribution >= 4 is 11.8 Å². The van der Waals surface area contributed by atoms with Crippen LogP contribution in [0, 0.1) is 0 Å². The van der Waals surface area contributed by atoms with Crippen LogP contribution in [0.3, 0.4) is 0 Å². The second-order valence-corrected chi connectivity index (χ2v) is 6.45. The lowest BCUT2D eigenvalue weighted by Crippen LogP contribution is -2.38. The Morgan fingerprint density at radius 2 is 2.24 bits per heavy atom. The molecule has 0 saturated heterocycles. The Morgan fingerprint density at radius 1 is 1.44 bits per heavy atom. The van der Waals surface area contributed by atoms with Crippen LogP contribution in [0.5, 0.6) is 0 Å². The van der Waals surface area contributed by atoms with Gasteiger partial charge >= 0.3 is 6.03 Å². The van der Waals surface area contributed by atoms with Crippen LogP contribution in [0.2, 0.25) is 0 Å². The van der Waals surface area contributed by atoms with E-state index in [9.17, 15) is 9.90 Å². The number of benzene rings is 1. The standard InChI is InChI=1S/C19H26N4O2/c1-3-15-13-18(22(2)21-15)20-19(25)23(11-6-12-24)17-10-9-14-7-4-5-8-16(14)17/h4-5,7-8,13,17,24H,3,6,9-12H2,1-2H3,(H,20,25). The van der Waals surface area contributed by atoms with Crippen molar-refractivity contribution < 1.29 is 9.90 Å². The third kappa shape index (κ3) is 3.69. The Kier molecular flexibility index (Phi) is 5.38. The quantitative estimate of drug-likeness (QED) is 0.848. The zero-order valence-corrected chi connectivity index (χ0v) is 14.9. The molecule has 1 aromatic carbocycles. The maximum atomic E-state index is 13.0. The largest absolute Gasteiger partial charge is 0.396 e. The maximum absolute atomic E-state index is 13.0. The number of aryl methyl sites for hydroxylation is 3. The number of carbonyl (C=O) groups excluding carboxylic acids is 1. The van der Waals surface area contributed by atoms with Crippen molar-refractivity contribution in [3.05, 3.63) is 47.2 Å². The Labute approximate surface area is 148 Å². The van der Waals surface area contributed by atoms with Gasteiger partial charge < -0.3 is 10.0 Å². The number of nitrogens with zero attached hydrogens (tertiary/aromatic N) is 3. The molecule has 3 rings (SSSR count). The molecule has 0 radical (unpaired) electrons. The summed E-state index contributed by atoms with van der Waals surface area (Å²) >= 11 is 0. The van der Waals surface area contributed by atoms with Crippen molar-refractivity contribution in [3.8, 4) is 0 Å². The van der Waals surface area contributed by atoms with E-state index in [0.717, 1.165) is 25.0 Å². The summed E-state index contributed by atoms with van der Waals surface area (Å²) in [6.45, 7) is 2.64. The minimum Gasteiger partial charge on any atom is -0.396 e. The molecule has 0 bridgehead atoms. The van der Waals surface area contributed by atoms with Crippen molar-refractivity contribution in [3.63, 3.8) is 0 Å². The molecule has 0 spiro atoms. The molecule has 134 valence electrons. The van der Waals surface area contributed by atoms with Crippen LogP contribution in [0.15, 0.2) is 30.3 Å². The molecular formula is C19H26N4O2. The highest BCUT2D eigenvalue weighted by Crippen LogP contribution is 2.36. The molecule has 2 aromatic rings. The number of nitrogens with one attached hydrogen (secondary N) is 1. The number of aliphatic hydroxyl groups excluding tert-OH is 1. The molecular weight excluding hydrogens is 316 g/mol. The SMILES string of the molecule is CCc1cc(NC(=O)N(CCCO)C2CCc3ccccc32)n(C)n1. The van der Waals surface area contributed by atoms with Gasteiger partial charge in [-0.15, -0.1) is 0 Å². The molecule has 1 atom stereocenters. The van der Waals surface area contributed by atoms with Crippen LogP contribution in [-0.2, 0) is 19.9 Å². The van der Waals surface area contributed by atoms with E-state index in [1.165, 1.54) is 11.1 Å². The zero-order chi connectivity index (χ0) is 17.8. The number of urea groups is 1.